The summed E-state index contributed by atoms with van der Waals surface area (Å²) in [6.45, 7) is 7.98. The molecule has 10 atom stereocenters. The second-order valence-corrected chi connectivity index (χ2v) is 19.8. The largest absolute Gasteiger partial charge is 0.481 e. The third kappa shape index (κ3) is 25.3. The zero-order valence-electron chi connectivity index (χ0n) is 44.9. The maximum atomic E-state index is 14.4. The number of hydrogen-bond donors (Lipinski definition) is 16. The number of aromatic nitrogens is 2. The summed E-state index contributed by atoms with van der Waals surface area (Å²) in [6, 6.07) is -6.86. The first-order valence-corrected chi connectivity index (χ1v) is 25.5. The quantitative estimate of drug-likeness (QED) is 0.0311. The van der Waals surface area contributed by atoms with Gasteiger partial charge in [0.1, 0.15) is 48.3 Å². The number of nitrogens with one attached hydrogen (secondary N) is 9. The highest BCUT2D eigenvalue weighted by Gasteiger charge is 2.37. The highest BCUT2D eigenvalue weighted by molar-refractivity contribution is 5.99. The molecular formula is C50H74N12O18. The molecule has 1 aromatic carbocycles. The van der Waals surface area contributed by atoms with Crippen molar-refractivity contribution < 1.29 is 87.9 Å². The number of nitrogens with zero attached hydrogens (tertiary/aromatic N) is 1. The van der Waals surface area contributed by atoms with E-state index in [1.165, 1.54) is 12.5 Å². The number of aliphatic carboxylic acids is 4. The fraction of sp³-hybridized carbons (Fsp3) is 0.560. The third-order valence-electron chi connectivity index (χ3n) is 11.9. The Bertz CT molecular complexity index is 2470. The van der Waals surface area contributed by atoms with Gasteiger partial charge in [-0.3, -0.25) is 57.5 Å². The van der Waals surface area contributed by atoms with E-state index in [9.17, 15) is 87.9 Å². The molecule has 0 saturated carbocycles. The third-order valence-corrected chi connectivity index (χ3v) is 11.9. The average molecular weight is 1130 g/mol. The molecule has 0 fully saturated rings. The highest BCUT2D eigenvalue weighted by atomic mass is 16.4. The number of aliphatic hydroxyl groups excluding tert-OH is 1. The van der Waals surface area contributed by atoms with E-state index in [0.717, 1.165) is 6.92 Å². The lowest BCUT2D eigenvalue weighted by molar-refractivity contribution is -0.142. The van der Waals surface area contributed by atoms with Crippen molar-refractivity contribution in [2.24, 2.45) is 23.3 Å². The maximum absolute atomic E-state index is 14.4. The first kappa shape index (κ1) is 67.6. The monoisotopic (exact) mass is 1130 g/mol. The van der Waals surface area contributed by atoms with Crippen molar-refractivity contribution in [3.8, 4) is 0 Å². The van der Waals surface area contributed by atoms with E-state index in [0.29, 0.717) is 11.3 Å². The molecule has 1 heterocycles. The van der Waals surface area contributed by atoms with Crippen LogP contribution in [-0.4, -0.2) is 173 Å². The molecule has 2 aromatic rings. The number of carbonyl (C=O) groups excluding carboxylic acids is 9. The van der Waals surface area contributed by atoms with Gasteiger partial charge in [-0.05, 0) is 56.4 Å². The van der Waals surface area contributed by atoms with Crippen molar-refractivity contribution in [3.05, 3.63) is 54.1 Å². The van der Waals surface area contributed by atoms with Crippen LogP contribution >= 0.6 is 0 Å². The molecule has 30 nitrogen and oxygen atoms in total. The van der Waals surface area contributed by atoms with Crippen LogP contribution in [0.25, 0.3) is 0 Å². The van der Waals surface area contributed by atoms with E-state index in [1.54, 1.807) is 58.0 Å². The van der Waals surface area contributed by atoms with Crippen LogP contribution in [0.2, 0.25) is 0 Å². The molecule has 0 aliphatic rings. The summed E-state index contributed by atoms with van der Waals surface area (Å²) in [7, 11) is 0. The van der Waals surface area contributed by atoms with Gasteiger partial charge in [0.25, 0.3) is 0 Å². The van der Waals surface area contributed by atoms with Gasteiger partial charge in [-0.15, -0.1) is 0 Å². The van der Waals surface area contributed by atoms with Crippen LogP contribution in [0.15, 0.2) is 42.9 Å². The average Bonchev–Trinajstić information content (AvgIpc) is 3.88. The normalized spacial score (nSPS) is 14.9. The zero-order valence-corrected chi connectivity index (χ0v) is 44.9. The number of hydrogen-bond acceptors (Lipinski definition) is 16. The number of amides is 9. The summed E-state index contributed by atoms with van der Waals surface area (Å²) in [5.74, 6) is -16.2. The van der Waals surface area contributed by atoms with Gasteiger partial charge >= 0.3 is 23.9 Å². The lowest BCUT2D eigenvalue weighted by Gasteiger charge is -2.29. The Morgan fingerprint density at radius 3 is 1.41 bits per heavy atom. The van der Waals surface area contributed by atoms with E-state index in [1.807, 2.05) is 0 Å². The number of primary amides is 1. The fourth-order valence-electron chi connectivity index (χ4n) is 7.73. The first-order valence-electron chi connectivity index (χ1n) is 25.5. The highest BCUT2D eigenvalue weighted by Crippen LogP contribution is 2.13. The minimum absolute atomic E-state index is 0.00993. The predicted octanol–water partition coefficient (Wildman–Crippen LogP) is -3.57. The Balaban J connectivity index is 2.46. The molecule has 0 saturated heterocycles. The number of carboxylic acid groups (broad SMARTS) is 4. The Hall–Kier alpha value is -8.54. The number of nitrogens with two attached hydrogens (primary N) is 2. The van der Waals surface area contributed by atoms with Crippen LogP contribution in [0.4, 0.5) is 0 Å². The Labute approximate surface area is 459 Å². The first-order chi connectivity index (χ1) is 37.5. The molecule has 1 aromatic heterocycles. The molecule has 0 aliphatic heterocycles. The Morgan fingerprint density at radius 1 is 0.512 bits per heavy atom. The van der Waals surface area contributed by atoms with Gasteiger partial charge in [-0.1, -0.05) is 58.0 Å². The van der Waals surface area contributed by atoms with Crippen molar-refractivity contribution in [2.45, 2.75) is 166 Å². The molecule has 0 bridgehead atoms. The molecule has 9 amide bonds. The van der Waals surface area contributed by atoms with E-state index < -0.39 is 170 Å². The second-order valence-electron chi connectivity index (χ2n) is 19.8. The molecule has 80 heavy (non-hydrogen) atoms. The number of aliphatic hydroxyl groups is 1. The minimum Gasteiger partial charge on any atom is -0.481 e. The van der Waals surface area contributed by atoms with E-state index >= 15 is 0 Å². The standard InChI is InChI=1S/C50H74N12O18/c1-24(2)17-32(45(74)61-36(50(79)80)20-28-22-53-23-54-28)60-49(78)41(26(5)63)62-48(77)33(18-25(3)4)57-46(75)34(19-27-9-7-6-8-10-27)58-47(76)35(21-40(69)70)59-44(73)31(13-16-39(67)68)56-43(72)30(12-15-38(65)66)55-42(71)29(51)11-14-37(52)64/h6-10,22-26,29-36,41,63H,11-21,51H2,1-5H3,(H2,52,64)(H,53,54)(H,55,71)(H,56,72)(H,57,75)(H,58,76)(H,59,73)(H,60,78)(H,61,74)(H,62,77)(H,65,66)(H,67,68)(H,69,70)(H,79,80)/t26-,29+,30+,31+,32+,33+,34+,35+,36+,41+/m1/s1. The van der Waals surface area contributed by atoms with Gasteiger partial charge in [0, 0.05) is 44.0 Å². The number of benzene rings is 1. The molecule has 18 N–H and O–H groups in total. The smallest absolute Gasteiger partial charge is 0.326 e. The van der Waals surface area contributed by atoms with Crippen LogP contribution < -0.4 is 54.0 Å². The van der Waals surface area contributed by atoms with Crippen LogP contribution in [0.3, 0.4) is 0 Å². The number of carbonyl (C=O) groups is 13. The topological polar surface area (TPSA) is 500 Å². The Kier molecular flexibility index (Phi) is 28.5. The summed E-state index contributed by atoms with van der Waals surface area (Å²) in [5, 5.41) is 68.0. The summed E-state index contributed by atoms with van der Waals surface area (Å²) < 4.78 is 0. The molecule has 0 unspecified atom stereocenters. The van der Waals surface area contributed by atoms with Crippen molar-refractivity contribution >= 4 is 77.0 Å². The zero-order chi connectivity index (χ0) is 60.4. The summed E-state index contributed by atoms with van der Waals surface area (Å²) >= 11 is 0. The lowest BCUT2D eigenvalue weighted by atomic mass is 9.99. The summed E-state index contributed by atoms with van der Waals surface area (Å²) in [4.78, 5) is 175. The van der Waals surface area contributed by atoms with Gasteiger partial charge in [0.05, 0.1) is 24.9 Å². The molecular weight excluding hydrogens is 1060 g/mol. The van der Waals surface area contributed by atoms with Gasteiger partial charge in [-0.25, -0.2) is 9.78 Å². The maximum Gasteiger partial charge on any atom is 0.326 e. The molecule has 30 heteroatoms. The molecule has 0 aliphatic carbocycles. The van der Waals surface area contributed by atoms with E-state index in [-0.39, 0.29) is 50.4 Å². The van der Waals surface area contributed by atoms with E-state index in [2.05, 4.69) is 52.5 Å². The van der Waals surface area contributed by atoms with Gasteiger partial charge < -0.3 is 84.5 Å². The van der Waals surface area contributed by atoms with Crippen molar-refractivity contribution in [1.82, 2.24) is 52.5 Å². The van der Waals surface area contributed by atoms with Gasteiger partial charge in [-0.2, -0.15) is 0 Å². The van der Waals surface area contributed by atoms with E-state index in [4.69, 9.17) is 11.5 Å². The van der Waals surface area contributed by atoms with Crippen LogP contribution in [0.5, 0.6) is 0 Å². The number of carboxylic acids is 4. The fourth-order valence-corrected chi connectivity index (χ4v) is 7.73. The van der Waals surface area contributed by atoms with Crippen molar-refractivity contribution in [2.75, 3.05) is 0 Å². The predicted molar refractivity (Wildman–Crippen MR) is 279 cm³/mol. The molecule has 442 valence electrons. The molecule has 0 radical (unpaired) electrons. The SMILES string of the molecule is CC(C)C[C@H](NC(=O)[C@H](Cc1ccccc1)NC(=O)[C@H](CC(=O)O)NC(=O)[C@H](CCC(=O)O)NC(=O)[C@H](CCC(=O)O)NC(=O)[C@@H](N)CCC(N)=O)C(=O)N[C@H](C(=O)N[C@@H](CC(C)C)C(=O)N[C@@H](Cc1cnc[nH]1)C(=O)O)[C@@H](C)O. The Morgan fingerprint density at radius 2 is 0.950 bits per heavy atom. The molecule has 0 spiro atoms. The minimum atomic E-state index is -2.06. The second kappa shape index (κ2) is 33.7. The number of aromatic amines is 1. The lowest BCUT2D eigenvalue weighted by Crippen LogP contribution is -2.62. The van der Waals surface area contributed by atoms with Crippen molar-refractivity contribution in [3.63, 3.8) is 0 Å². The summed E-state index contributed by atoms with van der Waals surface area (Å²) in [6.07, 6.45) is -4.13. The van der Waals surface area contributed by atoms with Crippen LogP contribution in [-0.2, 0) is 75.2 Å². The number of H-pyrrole nitrogens is 1. The summed E-state index contributed by atoms with van der Waals surface area (Å²) in [5.41, 5.74) is 11.7. The van der Waals surface area contributed by atoms with Crippen LogP contribution in [0.1, 0.15) is 104 Å². The number of rotatable bonds is 37. The van der Waals surface area contributed by atoms with Gasteiger partial charge in [0.15, 0.2) is 0 Å². The molecule has 2 rings (SSSR count). The van der Waals surface area contributed by atoms with Crippen molar-refractivity contribution in [1.29, 1.82) is 0 Å². The van der Waals surface area contributed by atoms with Gasteiger partial charge in [0.2, 0.25) is 53.2 Å². The van der Waals surface area contributed by atoms with Crippen LogP contribution in [0, 0.1) is 11.8 Å². The number of imidazole rings is 1.